The third-order valence-corrected chi connectivity index (χ3v) is 1.90. The maximum absolute atomic E-state index is 6.71. The summed E-state index contributed by atoms with van der Waals surface area (Å²) in [5.74, 6) is 2.41. The van der Waals surface area contributed by atoms with Crippen LogP contribution in [0.25, 0.3) is 0 Å². The summed E-state index contributed by atoms with van der Waals surface area (Å²) in [4.78, 5) is 0. The first-order chi connectivity index (χ1) is 5.91. The molecular formula is C11H19O. The van der Waals surface area contributed by atoms with Gasteiger partial charge in [0.1, 0.15) is 0 Å². The summed E-state index contributed by atoms with van der Waals surface area (Å²) in [5.41, 5.74) is 0. The van der Waals surface area contributed by atoms with Crippen molar-refractivity contribution in [3.8, 4) is 5.92 Å². The van der Waals surface area contributed by atoms with Crippen molar-refractivity contribution in [1.29, 1.82) is 0 Å². The molecule has 1 heteroatoms. The van der Waals surface area contributed by atoms with Gasteiger partial charge in [0.2, 0.25) is 0 Å². The molecular weight excluding hydrogens is 148 g/mol. The molecule has 0 fully saturated rings. The second kappa shape index (κ2) is 10.5. The molecule has 1 nitrogen and oxygen atoms in total. The van der Waals surface area contributed by atoms with Crippen molar-refractivity contribution in [2.24, 2.45) is 0 Å². The molecule has 0 aromatic heterocycles. The van der Waals surface area contributed by atoms with Gasteiger partial charge < -0.3 is 4.74 Å². The fourth-order valence-corrected chi connectivity index (χ4v) is 1.17. The molecule has 0 aliphatic rings. The Labute approximate surface area is 76.5 Å². The van der Waals surface area contributed by atoms with Crippen LogP contribution in [0, 0.1) is 12.3 Å². The van der Waals surface area contributed by atoms with E-state index in [0.29, 0.717) is 0 Å². The van der Waals surface area contributed by atoms with Crippen molar-refractivity contribution in [2.75, 3.05) is 13.7 Å². The van der Waals surface area contributed by atoms with Crippen molar-refractivity contribution in [3.05, 3.63) is 6.42 Å². The Morgan fingerprint density at radius 2 is 1.58 bits per heavy atom. The van der Waals surface area contributed by atoms with Gasteiger partial charge >= 0.3 is 0 Å². The Bertz CT molecular complexity index is 113. The fourth-order valence-electron chi connectivity index (χ4n) is 1.17. The number of rotatable bonds is 8. The van der Waals surface area contributed by atoms with Crippen LogP contribution < -0.4 is 0 Å². The predicted octanol–water partition coefficient (Wildman–Crippen LogP) is 2.95. The minimum atomic E-state index is 0.831. The molecule has 0 saturated carbocycles. The van der Waals surface area contributed by atoms with Gasteiger partial charge in [-0.25, -0.2) is 0 Å². The predicted molar refractivity (Wildman–Crippen MR) is 51.3 cm³/mol. The monoisotopic (exact) mass is 167 g/mol. The molecule has 12 heavy (non-hydrogen) atoms. The molecule has 69 valence electrons. The summed E-state index contributed by atoms with van der Waals surface area (Å²) in [6.45, 7) is 0.897. The maximum atomic E-state index is 6.71. The number of hydrogen-bond donors (Lipinski definition) is 0. The molecule has 0 heterocycles. The second-order valence-electron chi connectivity index (χ2n) is 3.04. The van der Waals surface area contributed by atoms with Crippen molar-refractivity contribution in [2.45, 2.75) is 44.9 Å². The van der Waals surface area contributed by atoms with E-state index in [9.17, 15) is 0 Å². The number of ether oxygens (including phenoxy) is 1. The van der Waals surface area contributed by atoms with Crippen LogP contribution in [-0.4, -0.2) is 13.7 Å². The quantitative estimate of drug-likeness (QED) is 0.399. The number of hydrogen-bond acceptors (Lipinski definition) is 1. The third-order valence-electron chi connectivity index (χ3n) is 1.90. The van der Waals surface area contributed by atoms with Gasteiger partial charge in [0, 0.05) is 20.1 Å². The first kappa shape index (κ1) is 11.5. The van der Waals surface area contributed by atoms with Crippen molar-refractivity contribution >= 4 is 0 Å². The van der Waals surface area contributed by atoms with Gasteiger partial charge in [-0.05, 0) is 19.3 Å². The van der Waals surface area contributed by atoms with Gasteiger partial charge in [0.15, 0.2) is 0 Å². The normalized spacial score (nSPS) is 9.67. The van der Waals surface area contributed by atoms with Crippen LogP contribution in [0.3, 0.4) is 0 Å². The van der Waals surface area contributed by atoms with Crippen molar-refractivity contribution in [1.82, 2.24) is 0 Å². The number of unbranched alkanes of at least 4 members (excludes halogenated alkanes) is 6. The summed E-state index contributed by atoms with van der Waals surface area (Å²) in [6.07, 6.45) is 15.0. The van der Waals surface area contributed by atoms with Crippen molar-refractivity contribution < 1.29 is 4.74 Å². The van der Waals surface area contributed by atoms with Gasteiger partial charge in [-0.15, -0.1) is 0 Å². The lowest BCUT2D eigenvalue weighted by atomic mass is 10.1. The van der Waals surface area contributed by atoms with Crippen LogP contribution in [0.1, 0.15) is 44.9 Å². The molecule has 0 bridgehead atoms. The molecule has 0 aliphatic carbocycles. The van der Waals surface area contributed by atoms with Gasteiger partial charge in [-0.3, -0.25) is 0 Å². The Morgan fingerprint density at radius 1 is 1.00 bits per heavy atom. The molecule has 0 aliphatic heterocycles. The van der Waals surface area contributed by atoms with E-state index in [1.807, 2.05) is 0 Å². The lowest BCUT2D eigenvalue weighted by Crippen LogP contribution is -1.88. The minimum absolute atomic E-state index is 0.831. The summed E-state index contributed by atoms with van der Waals surface area (Å²) < 4.78 is 4.95. The second-order valence-corrected chi connectivity index (χ2v) is 3.04. The molecule has 0 aromatic rings. The third kappa shape index (κ3) is 9.52. The largest absolute Gasteiger partial charge is 0.385 e. The minimum Gasteiger partial charge on any atom is -0.385 e. The summed E-state index contributed by atoms with van der Waals surface area (Å²) in [5, 5.41) is 0. The Morgan fingerprint density at radius 3 is 2.17 bits per heavy atom. The molecule has 0 N–H and O–H groups in total. The molecule has 0 unspecified atom stereocenters. The standard InChI is InChI=1S/C11H19O/c1-3-4-5-6-7-8-9-10-11-12-2/h4-11H2,2H3. The van der Waals surface area contributed by atoms with E-state index >= 15 is 0 Å². The molecule has 0 rings (SSSR count). The SMILES string of the molecule is [C]#CCCCCCCCCOC. The Kier molecular flexibility index (Phi) is 10.1. The smallest absolute Gasteiger partial charge is 0.0462 e. The summed E-state index contributed by atoms with van der Waals surface area (Å²) >= 11 is 0. The van der Waals surface area contributed by atoms with Crippen LogP contribution in [0.15, 0.2) is 0 Å². The lowest BCUT2D eigenvalue weighted by Gasteiger charge is -1.99. The highest BCUT2D eigenvalue weighted by Crippen LogP contribution is 2.06. The van der Waals surface area contributed by atoms with E-state index in [1.165, 1.54) is 32.1 Å². The number of methoxy groups -OCH3 is 1. The molecule has 0 spiro atoms. The van der Waals surface area contributed by atoms with Gasteiger partial charge in [-0.1, -0.05) is 31.6 Å². The zero-order chi connectivity index (χ0) is 9.07. The van der Waals surface area contributed by atoms with Crippen LogP contribution >= 0.6 is 0 Å². The van der Waals surface area contributed by atoms with Crippen molar-refractivity contribution in [3.63, 3.8) is 0 Å². The Hall–Kier alpha value is -0.480. The van der Waals surface area contributed by atoms with E-state index < -0.39 is 0 Å². The molecule has 0 aromatic carbocycles. The zero-order valence-electron chi connectivity index (χ0n) is 8.07. The maximum Gasteiger partial charge on any atom is 0.0462 e. The average molecular weight is 167 g/mol. The summed E-state index contributed by atoms with van der Waals surface area (Å²) in [7, 11) is 1.75. The lowest BCUT2D eigenvalue weighted by molar-refractivity contribution is 0.192. The van der Waals surface area contributed by atoms with E-state index in [2.05, 4.69) is 5.92 Å². The average Bonchev–Trinajstić information content (AvgIpc) is 2.10. The van der Waals surface area contributed by atoms with Crippen LogP contribution in [0.5, 0.6) is 0 Å². The zero-order valence-corrected chi connectivity index (χ0v) is 8.07. The summed E-state index contributed by atoms with van der Waals surface area (Å²) in [6, 6.07) is 0. The van der Waals surface area contributed by atoms with Crippen LogP contribution in [0.2, 0.25) is 0 Å². The fraction of sp³-hybridized carbons (Fsp3) is 0.818. The molecule has 0 saturated heterocycles. The van der Waals surface area contributed by atoms with E-state index in [1.54, 1.807) is 7.11 Å². The van der Waals surface area contributed by atoms with Crippen LogP contribution in [-0.2, 0) is 4.74 Å². The van der Waals surface area contributed by atoms with Gasteiger partial charge in [-0.2, -0.15) is 0 Å². The van der Waals surface area contributed by atoms with E-state index in [0.717, 1.165) is 19.4 Å². The van der Waals surface area contributed by atoms with Gasteiger partial charge in [0.05, 0.1) is 0 Å². The molecule has 1 radical (unpaired) electrons. The highest BCUT2D eigenvalue weighted by Gasteiger charge is 1.89. The van der Waals surface area contributed by atoms with Gasteiger partial charge in [0.25, 0.3) is 0 Å². The highest BCUT2D eigenvalue weighted by molar-refractivity contribution is 4.74. The highest BCUT2D eigenvalue weighted by atomic mass is 16.5. The first-order valence-corrected chi connectivity index (χ1v) is 4.80. The molecule has 0 atom stereocenters. The Balaban J connectivity index is 2.78. The van der Waals surface area contributed by atoms with E-state index in [4.69, 9.17) is 11.2 Å². The van der Waals surface area contributed by atoms with Crippen LogP contribution in [0.4, 0.5) is 0 Å². The van der Waals surface area contributed by atoms with E-state index in [-0.39, 0.29) is 0 Å². The topological polar surface area (TPSA) is 9.23 Å². The molecule has 0 amide bonds. The first-order valence-electron chi connectivity index (χ1n) is 4.80.